The Morgan fingerprint density at radius 1 is 1.42 bits per heavy atom. The van der Waals surface area contributed by atoms with Crippen LogP contribution in [-0.2, 0) is 4.74 Å². The molecule has 0 saturated carbocycles. The number of aromatic carboxylic acids is 1. The van der Waals surface area contributed by atoms with Crippen molar-refractivity contribution in [2.45, 2.75) is 40.1 Å². The van der Waals surface area contributed by atoms with Crippen molar-refractivity contribution in [2.75, 3.05) is 11.5 Å². The van der Waals surface area contributed by atoms with Crippen LogP contribution in [-0.4, -0.2) is 33.9 Å². The van der Waals surface area contributed by atoms with E-state index in [-0.39, 0.29) is 4.68 Å². The second kappa shape index (κ2) is 6.78. The van der Waals surface area contributed by atoms with Gasteiger partial charge in [-0.3, -0.25) is 4.79 Å². The highest BCUT2D eigenvalue weighted by Gasteiger charge is 2.28. The van der Waals surface area contributed by atoms with Gasteiger partial charge in [-0.1, -0.05) is 12.1 Å². The molecular weight excluding hydrogens is 343 g/mol. The molecule has 0 radical (unpaired) electrons. The first kappa shape index (κ1) is 10.9. The molecule has 2 aromatic rings. The molecule has 7 nitrogen and oxygen atoms in total. The molecule has 26 heavy (non-hydrogen) atoms. The van der Waals surface area contributed by atoms with Crippen LogP contribution in [0.15, 0.2) is 23.0 Å². The van der Waals surface area contributed by atoms with E-state index in [0.717, 1.165) is 18.2 Å². The zero-order valence-corrected chi connectivity index (χ0v) is 14.1. The van der Waals surface area contributed by atoms with Crippen molar-refractivity contribution in [1.29, 1.82) is 0 Å². The quantitative estimate of drug-likeness (QED) is 0.894. The van der Waals surface area contributed by atoms with Crippen LogP contribution in [0.1, 0.15) is 54.6 Å². The summed E-state index contributed by atoms with van der Waals surface area (Å²) in [5.74, 6) is -3.26. The van der Waals surface area contributed by atoms with Gasteiger partial charge in [-0.15, -0.1) is 0 Å². The van der Waals surface area contributed by atoms with Gasteiger partial charge in [0.15, 0.2) is 0 Å². The first-order valence-electron chi connectivity index (χ1n) is 11.3. The van der Waals surface area contributed by atoms with Gasteiger partial charge in [0.05, 0.1) is 19.4 Å². The number of carboxylic acid groups (broad SMARTS) is 1. The zero-order chi connectivity index (χ0) is 26.6. The maximum atomic E-state index is 14.7. The first-order valence-corrected chi connectivity index (χ1v) is 7.27. The van der Waals surface area contributed by atoms with Crippen LogP contribution in [0.5, 0.6) is 0 Å². The molecule has 0 fully saturated rings. The number of fused-ring (bicyclic) bond motifs is 1. The average Bonchev–Trinajstić information content (AvgIpc) is 2.59. The Morgan fingerprint density at radius 3 is 2.65 bits per heavy atom. The Kier molecular flexibility index (Phi) is 2.85. The van der Waals surface area contributed by atoms with E-state index in [0.29, 0.717) is 0 Å². The van der Waals surface area contributed by atoms with Crippen LogP contribution in [0.3, 0.4) is 0 Å². The Hall–Kier alpha value is -2.90. The van der Waals surface area contributed by atoms with Crippen molar-refractivity contribution in [3.63, 3.8) is 0 Å². The third-order valence-corrected chi connectivity index (χ3v) is 3.22. The molecule has 0 unspecified atom stereocenters. The van der Waals surface area contributed by atoms with E-state index in [9.17, 15) is 23.9 Å². The van der Waals surface area contributed by atoms with Crippen LogP contribution in [0.4, 0.5) is 9.18 Å². The topological polar surface area (TPSA) is 88.8 Å². The molecule has 0 aliphatic rings. The highest BCUT2D eigenvalue weighted by Crippen LogP contribution is 2.22. The number of amides is 1. The molecule has 1 aromatic carbocycles. The monoisotopic (exact) mass is 372 g/mol. The van der Waals surface area contributed by atoms with Gasteiger partial charge in [0.1, 0.15) is 11.4 Å². The molecule has 8 heteroatoms. The lowest BCUT2D eigenvalue weighted by atomic mass is 10.0. The van der Waals surface area contributed by atoms with Gasteiger partial charge in [0.2, 0.25) is 0 Å². The van der Waals surface area contributed by atoms with Gasteiger partial charge in [-0.2, -0.15) is 0 Å². The number of halogens is 1. The maximum absolute atomic E-state index is 14.7. The number of carbonyl (C=O) groups excluding carboxylic acids is 1. The molecule has 0 bridgehead atoms. The minimum Gasteiger partial charge on any atom is -0.478 e. The third-order valence-electron chi connectivity index (χ3n) is 3.22. The molecule has 0 atom stereocenters. The number of carbonyl (C=O) groups is 2. The van der Waals surface area contributed by atoms with Crippen molar-refractivity contribution in [3.8, 4) is 0 Å². The summed E-state index contributed by atoms with van der Waals surface area (Å²) in [5.41, 5.74) is -5.63. The van der Waals surface area contributed by atoms with Crippen LogP contribution >= 0.6 is 0 Å². The molecule has 1 heterocycles. The summed E-state index contributed by atoms with van der Waals surface area (Å²) < 4.78 is 81.7. The lowest BCUT2D eigenvalue weighted by molar-refractivity contribution is 0.0534. The van der Waals surface area contributed by atoms with E-state index in [1.807, 2.05) is 0 Å². The number of benzene rings is 1. The van der Waals surface area contributed by atoms with Crippen molar-refractivity contribution in [3.05, 3.63) is 45.6 Å². The van der Waals surface area contributed by atoms with Crippen LogP contribution < -0.4 is 10.6 Å². The Morgan fingerprint density at radius 2 is 2.12 bits per heavy atom. The highest BCUT2D eigenvalue weighted by molar-refractivity contribution is 6.04. The fraction of sp³-hybridized carbons (Fsp3) is 0.389. The van der Waals surface area contributed by atoms with Gasteiger partial charge in [0.25, 0.3) is 5.56 Å². The van der Waals surface area contributed by atoms with Gasteiger partial charge in [-0.05, 0) is 40.5 Å². The molecule has 1 aromatic heterocycles. The smallest absolute Gasteiger partial charge is 0.429 e. The van der Waals surface area contributed by atoms with E-state index in [2.05, 4.69) is 0 Å². The lowest BCUT2D eigenvalue weighted by Crippen LogP contribution is -2.50. The number of hydrogen-bond acceptors (Lipinski definition) is 4. The molecule has 1 amide bonds. The highest BCUT2D eigenvalue weighted by atomic mass is 19.1. The third kappa shape index (κ3) is 3.40. The number of rotatable bonds is 3. The molecule has 0 aliphatic carbocycles. The number of pyridine rings is 1. The lowest BCUT2D eigenvalue weighted by Gasteiger charge is -2.29. The van der Waals surface area contributed by atoms with Crippen molar-refractivity contribution >= 4 is 22.8 Å². The minimum atomic E-state index is -3.81. The number of nitrogens with zero attached hydrogens (tertiary/aromatic N) is 2. The number of carboxylic acids is 1. The number of hydrogen-bond donors (Lipinski definition) is 1. The predicted octanol–water partition coefficient (Wildman–Crippen LogP) is 3.04. The summed E-state index contributed by atoms with van der Waals surface area (Å²) in [6.07, 6.45) is -1.83. The van der Waals surface area contributed by atoms with E-state index in [4.69, 9.17) is 15.7 Å². The Bertz CT molecular complexity index is 1210. The number of aromatic nitrogens is 1. The summed E-state index contributed by atoms with van der Waals surface area (Å²) in [6, 6.07) is 2.73. The summed E-state index contributed by atoms with van der Waals surface area (Å²) in [5, 5.41) is 7.70. The Balaban J connectivity index is 3.27. The van der Waals surface area contributed by atoms with Gasteiger partial charge >= 0.3 is 12.1 Å². The van der Waals surface area contributed by atoms with E-state index >= 15 is 0 Å². The molecule has 0 saturated heterocycles. The van der Waals surface area contributed by atoms with E-state index in [1.54, 1.807) is 0 Å². The fourth-order valence-corrected chi connectivity index (χ4v) is 2.28. The summed E-state index contributed by atoms with van der Waals surface area (Å²) in [6.45, 7) is -7.05. The SMILES string of the molecule is [2H]C([2H])([2H])c1c(C(=O)O)c2cccc(F)c2c(=O)n1N(C(=O)OC(C)(C)C)C([2H])([2H])C([2H])([2H])[2H]. The van der Waals surface area contributed by atoms with Crippen molar-refractivity contribution < 1.29 is 34.8 Å². The second-order valence-electron chi connectivity index (χ2n) is 6.21. The molecule has 2 rings (SSSR count). The van der Waals surface area contributed by atoms with E-state index in [1.165, 1.54) is 20.8 Å². The van der Waals surface area contributed by atoms with Gasteiger partial charge < -0.3 is 9.84 Å². The normalized spacial score (nSPS) is 17.5. The second-order valence-corrected chi connectivity index (χ2v) is 6.21. The predicted molar refractivity (Wildman–Crippen MR) is 94.9 cm³/mol. The van der Waals surface area contributed by atoms with Crippen LogP contribution in [0.2, 0.25) is 0 Å². The number of ether oxygens (including phenoxy) is 1. The minimum absolute atomic E-state index is 0.275. The van der Waals surface area contributed by atoms with Crippen LogP contribution in [0, 0.1) is 12.7 Å². The summed E-state index contributed by atoms with van der Waals surface area (Å²) in [4.78, 5) is 38.5. The fourth-order valence-electron chi connectivity index (χ4n) is 2.28. The first-order chi connectivity index (χ1) is 15.1. The molecule has 1 N–H and O–H groups in total. The molecule has 140 valence electrons. The van der Waals surface area contributed by atoms with Crippen molar-refractivity contribution in [2.24, 2.45) is 0 Å². The maximum Gasteiger partial charge on any atom is 0.429 e. The summed E-state index contributed by atoms with van der Waals surface area (Å²) in [7, 11) is 0. The summed E-state index contributed by atoms with van der Waals surface area (Å²) >= 11 is 0. The molecular formula is C18H21FN2O5. The molecule has 0 aliphatic heterocycles. The van der Waals surface area contributed by atoms with Gasteiger partial charge in [-0.25, -0.2) is 23.7 Å². The van der Waals surface area contributed by atoms with Crippen LogP contribution in [0.25, 0.3) is 10.8 Å². The average molecular weight is 372 g/mol. The van der Waals surface area contributed by atoms with Crippen molar-refractivity contribution in [1.82, 2.24) is 4.68 Å². The zero-order valence-electron chi connectivity index (χ0n) is 22.1. The largest absolute Gasteiger partial charge is 0.478 e. The Labute approximate surface area is 160 Å². The van der Waals surface area contributed by atoms with Gasteiger partial charge in [0, 0.05) is 20.1 Å². The van der Waals surface area contributed by atoms with E-state index < -0.39 is 76.3 Å². The standard InChI is InChI=1S/C18H21FN2O5/c1-6-20(17(25)26-18(3,4)5)21-10(2)13(16(23)24)11-8-7-9-12(19)14(11)15(21)22/h7-9H,6H2,1-5H3,(H,23,24)/i1D3,2D3,6D2. The molecule has 0 spiro atoms.